The van der Waals surface area contributed by atoms with Crippen LogP contribution >= 0.6 is 0 Å². The van der Waals surface area contributed by atoms with Crippen LogP contribution in [0.5, 0.6) is 0 Å². The molecule has 8 nitrogen and oxygen atoms in total. The Kier molecular flexibility index (Phi) is 4.09. The Morgan fingerprint density at radius 3 is 2.40 bits per heavy atom. The van der Waals surface area contributed by atoms with Gasteiger partial charge in [-0.25, -0.2) is 0 Å². The van der Waals surface area contributed by atoms with Crippen molar-refractivity contribution in [2.45, 2.75) is 11.6 Å². The topological polar surface area (TPSA) is 82.2 Å². The third-order valence-electron chi connectivity index (χ3n) is 3.88. The summed E-state index contributed by atoms with van der Waals surface area (Å²) in [6, 6.07) is -0.315. The maximum Gasteiger partial charge on any atom is 0.281 e. The van der Waals surface area contributed by atoms with Gasteiger partial charge in [0.05, 0.1) is 6.61 Å². The van der Waals surface area contributed by atoms with Gasteiger partial charge < -0.3 is 10.1 Å². The second kappa shape index (κ2) is 5.23. The highest BCUT2D eigenvalue weighted by Gasteiger charge is 2.53. The van der Waals surface area contributed by atoms with Crippen LogP contribution in [-0.2, 0) is 19.7 Å². The zero-order valence-electron chi connectivity index (χ0n) is 12.3. The van der Waals surface area contributed by atoms with E-state index >= 15 is 0 Å². The van der Waals surface area contributed by atoms with E-state index in [1.165, 1.54) is 22.7 Å². The SMILES string of the molecule is CNC(=O)[C@@H]1COC2(CN1C)CN(S(=O)(=O)N(C)C)C2. The highest BCUT2D eigenvalue weighted by molar-refractivity contribution is 7.86. The van der Waals surface area contributed by atoms with Crippen molar-refractivity contribution in [1.82, 2.24) is 18.8 Å². The lowest BCUT2D eigenvalue weighted by molar-refractivity contribution is -0.181. The minimum absolute atomic E-state index is 0.0838. The van der Waals surface area contributed by atoms with Crippen molar-refractivity contribution in [3.8, 4) is 0 Å². The molecule has 2 aliphatic heterocycles. The van der Waals surface area contributed by atoms with E-state index in [0.29, 0.717) is 19.6 Å². The molecule has 1 spiro atoms. The number of nitrogens with one attached hydrogen (secondary N) is 1. The maximum absolute atomic E-state index is 12.0. The smallest absolute Gasteiger partial charge is 0.281 e. The number of hydrogen-bond acceptors (Lipinski definition) is 5. The Morgan fingerprint density at radius 1 is 1.35 bits per heavy atom. The first-order valence-electron chi connectivity index (χ1n) is 6.45. The molecule has 2 saturated heterocycles. The van der Waals surface area contributed by atoms with Crippen molar-refractivity contribution in [1.29, 1.82) is 0 Å². The summed E-state index contributed by atoms with van der Waals surface area (Å²) >= 11 is 0. The van der Waals surface area contributed by atoms with Gasteiger partial charge in [-0.1, -0.05) is 0 Å². The first kappa shape index (κ1) is 15.6. The number of ether oxygens (including phenoxy) is 1. The summed E-state index contributed by atoms with van der Waals surface area (Å²) in [5, 5.41) is 2.60. The summed E-state index contributed by atoms with van der Waals surface area (Å²) in [5.74, 6) is -0.0838. The minimum atomic E-state index is -3.38. The highest BCUT2D eigenvalue weighted by Crippen LogP contribution is 2.32. The molecule has 0 bridgehead atoms. The van der Waals surface area contributed by atoms with Crippen LogP contribution in [0.4, 0.5) is 0 Å². The zero-order chi connectivity index (χ0) is 15.1. The Hall–Kier alpha value is -0.740. The summed E-state index contributed by atoms with van der Waals surface area (Å²) in [7, 11) is 3.09. The quantitative estimate of drug-likeness (QED) is 0.647. The van der Waals surface area contributed by atoms with E-state index in [0.717, 1.165) is 0 Å². The van der Waals surface area contributed by atoms with Crippen molar-refractivity contribution < 1.29 is 17.9 Å². The fourth-order valence-electron chi connectivity index (χ4n) is 2.62. The van der Waals surface area contributed by atoms with Gasteiger partial charge in [0.15, 0.2) is 0 Å². The molecule has 1 N–H and O–H groups in total. The van der Waals surface area contributed by atoms with Gasteiger partial charge in [0.1, 0.15) is 11.6 Å². The van der Waals surface area contributed by atoms with Crippen molar-refractivity contribution in [2.24, 2.45) is 0 Å². The molecule has 2 rings (SSSR count). The third kappa shape index (κ3) is 2.56. The molecule has 0 saturated carbocycles. The second-order valence-electron chi connectivity index (χ2n) is 5.60. The number of rotatable bonds is 3. The van der Waals surface area contributed by atoms with Crippen molar-refractivity contribution >= 4 is 16.1 Å². The number of amides is 1. The first-order valence-corrected chi connectivity index (χ1v) is 7.85. The average Bonchev–Trinajstić information content (AvgIpc) is 2.34. The lowest BCUT2D eigenvalue weighted by Crippen LogP contribution is -2.73. The summed E-state index contributed by atoms with van der Waals surface area (Å²) in [5.41, 5.74) is -0.484. The van der Waals surface area contributed by atoms with E-state index in [-0.39, 0.29) is 18.6 Å². The van der Waals surface area contributed by atoms with Crippen molar-refractivity contribution in [3.05, 3.63) is 0 Å². The van der Waals surface area contributed by atoms with Crippen LogP contribution in [0.3, 0.4) is 0 Å². The molecule has 1 amide bonds. The molecule has 2 heterocycles. The lowest BCUT2D eigenvalue weighted by atomic mass is 9.93. The van der Waals surface area contributed by atoms with Gasteiger partial charge in [-0.2, -0.15) is 17.0 Å². The largest absolute Gasteiger partial charge is 0.369 e. The molecule has 0 aliphatic carbocycles. The summed E-state index contributed by atoms with van der Waals surface area (Å²) in [6.45, 7) is 1.49. The van der Waals surface area contributed by atoms with Crippen LogP contribution < -0.4 is 5.32 Å². The van der Waals surface area contributed by atoms with Crippen molar-refractivity contribution in [2.75, 3.05) is 54.4 Å². The number of carbonyl (C=O) groups excluding carboxylic acids is 1. The number of morpholine rings is 1. The van der Waals surface area contributed by atoms with E-state index in [4.69, 9.17) is 4.74 Å². The van der Waals surface area contributed by atoms with Crippen LogP contribution in [0.1, 0.15) is 0 Å². The van der Waals surface area contributed by atoms with Crippen LogP contribution in [0.2, 0.25) is 0 Å². The fraction of sp³-hybridized carbons (Fsp3) is 0.909. The molecule has 1 atom stereocenters. The monoisotopic (exact) mass is 306 g/mol. The molecule has 2 aliphatic rings. The molecule has 9 heteroatoms. The number of nitrogens with zero attached hydrogens (tertiary/aromatic N) is 3. The van der Waals surface area contributed by atoms with Crippen LogP contribution in [0, 0.1) is 0 Å². The molecule has 0 unspecified atom stereocenters. The fourth-order valence-corrected chi connectivity index (χ4v) is 3.88. The molecule has 116 valence electrons. The predicted octanol–water partition coefficient (Wildman–Crippen LogP) is -2.08. The van der Waals surface area contributed by atoms with Crippen LogP contribution in [-0.4, -0.2) is 93.9 Å². The number of carbonyl (C=O) groups is 1. The number of likely N-dealkylation sites (N-methyl/N-ethyl adjacent to an activating group) is 2. The Bertz CT molecular complexity index is 487. The second-order valence-corrected chi connectivity index (χ2v) is 7.74. The predicted molar refractivity (Wildman–Crippen MR) is 73.3 cm³/mol. The van der Waals surface area contributed by atoms with E-state index in [9.17, 15) is 13.2 Å². The summed E-state index contributed by atoms with van der Waals surface area (Å²) < 4.78 is 32.3. The Morgan fingerprint density at radius 2 is 1.95 bits per heavy atom. The van der Waals surface area contributed by atoms with Crippen molar-refractivity contribution in [3.63, 3.8) is 0 Å². The Balaban J connectivity index is 1.97. The summed E-state index contributed by atoms with van der Waals surface area (Å²) in [6.07, 6.45) is 0. The number of hydrogen-bond donors (Lipinski definition) is 1. The molecule has 0 aromatic carbocycles. The van der Waals surface area contributed by atoms with Crippen LogP contribution in [0.15, 0.2) is 0 Å². The third-order valence-corrected chi connectivity index (χ3v) is 5.72. The van der Waals surface area contributed by atoms with Gasteiger partial charge in [0.2, 0.25) is 5.91 Å². The molecule has 0 radical (unpaired) electrons. The van der Waals surface area contributed by atoms with Gasteiger partial charge in [0.25, 0.3) is 10.2 Å². The average molecular weight is 306 g/mol. The molecule has 2 fully saturated rings. The van der Waals surface area contributed by atoms with E-state index in [2.05, 4.69) is 5.32 Å². The van der Waals surface area contributed by atoms with Gasteiger partial charge in [-0.3, -0.25) is 9.69 Å². The Labute approximate surface area is 119 Å². The van der Waals surface area contributed by atoms with E-state index in [1.807, 2.05) is 11.9 Å². The maximum atomic E-state index is 12.0. The normalized spacial score (nSPS) is 27.6. The van der Waals surface area contributed by atoms with Crippen LogP contribution in [0.25, 0.3) is 0 Å². The van der Waals surface area contributed by atoms with Gasteiger partial charge >= 0.3 is 0 Å². The standard InChI is InChI=1S/C11H22N4O4S/c1-12-10(16)9-5-19-11(6-14(9)4)7-15(8-11)20(17,18)13(2)3/h9H,5-8H2,1-4H3,(H,12,16)/t9-/m0/s1. The van der Waals surface area contributed by atoms with Gasteiger partial charge in [-0.05, 0) is 7.05 Å². The first-order chi connectivity index (χ1) is 9.22. The zero-order valence-corrected chi connectivity index (χ0v) is 13.1. The molecular formula is C11H22N4O4S. The minimum Gasteiger partial charge on any atom is -0.369 e. The molecule has 0 aromatic heterocycles. The van der Waals surface area contributed by atoms with E-state index in [1.54, 1.807) is 7.05 Å². The van der Waals surface area contributed by atoms with Gasteiger partial charge in [0, 0.05) is 40.8 Å². The highest BCUT2D eigenvalue weighted by atomic mass is 32.2. The molecular weight excluding hydrogens is 284 g/mol. The van der Waals surface area contributed by atoms with Gasteiger partial charge in [-0.15, -0.1) is 0 Å². The van der Waals surface area contributed by atoms with E-state index < -0.39 is 15.8 Å². The molecule has 20 heavy (non-hydrogen) atoms. The lowest BCUT2D eigenvalue weighted by Gasteiger charge is -2.54. The summed E-state index contributed by atoms with van der Waals surface area (Å²) in [4.78, 5) is 13.6. The molecule has 0 aromatic rings.